The van der Waals surface area contributed by atoms with Gasteiger partial charge in [-0.3, -0.25) is 0 Å². The van der Waals surface area contributed by atoms with Gasteiger partial charge in [0, 0.05) is 36.6 Å². The third-order valence-electron chi connectivity index (χ3n) is 3.92. The van der Waals surface area contributed by atoms with E-state index in [0.717, 1.165) is 19.5 Å². The summed E-state index contributed by atoms with van der Waals surface area (Å²) in [6.45, 7) is 6.74. The zero-order valence-electron chi connectivity index (χ0n) is 12.3. The predicted molar refractivity (Wildman–Crippen MR) is 81.8 cm³/mol. The fraction of sp³-hybridized carbons (Fsp3) is 0.786. The summed E-state index contributed by atoms with van der Waals surface area (Å²) in [5.41, 5.74) is 0. The normalized spacial score (nSPS) is 24.3. The molecule has 2 unspecified atom stereocenters. The van der Waals surface area contributed by atoms with Gasteiger partial charge in [-0.1, -0.05) is 6.92 Å². The highest BCUT2D eigenvalue weighted by Crippen LogP contribution is 2.15. The Hall–Kier alpha value is -0.490. The molecule has 1 aromatic heterocycles. The molecule has 1 saturated heterocycles. The molecule has 5 heteroatoms. The summed E-state index contributed by atoms with van der Waals surface area (Å²) in [5.74, 6) is 0. The fourth-order valence-corrected chi connectivity index (χ4v) is 3.56. The Morgan fingerprint density at radius 2 is 2.32 bits per heavy atom. The molecule has 0 radical (unpaired) electrons. The van der Waals surface area contributed by atoms with Gasteiger partial charge in [-0.2, -0.15) is 0 Å². The summed E-state index contributed by atoms with van der Waals surface area (Å²) in [6, 6.07) is 1.05. The number of nitrogens with one attached hydrogen (secondary N) is 1. The van der Waals surface area contributed by atoms with Crippen molar-refractivity contribution in [3.63, 3.8) is 0 Å². The van der Waals surface area contributed by atoms with Crippen molar-refractivity contribution in [1.82, 2.24) is 20.1 Å². The van der Waals surface area contributed by atoms with Crippen molar-refractivity contribution in [2.45, 2.75) is 31.8 Å². The zero-order chi connectivity index (χ0) is 13.7. The number of thiazole rings is 1. The second-order valence-corrected chi connectivity index (χ2v) is 6.44. The molecular formula is C14H26N4S. The van der Waals surface area contributed by atoms with Gasteiger partial charge in [0.05, 0.1) is 5.01 Å². The average molecular weight is 282 g/mol. The first kappa shape index (κ1) is 14.9. The molecule has 0 aromatic carbocycles. The third kappa shape index (κ3) is 4.24. The smallest absolute Gasteiger partial charge is 0.0940 e. The van der Waals surface area contributed by atoms with Crippen LogP contribution in [0, 0.1) is 0 Å². The average Bonchev–Trinajstić information content (AvgIpc) is 2.82. The molecule has 0 bridgehead atoms. The van der Waals surface area contributed by atoms with E-state index in [4.69, 9.17) is 0 Å². The summed E-state index contributed by atoms with van der Waals surface area (Å²) in [7, 11) is 4.49. The molecule has 0 spiro atoms. The van der Waals surface area contributed by atoms with Crippen molar-refractivity contribution < 1.29 is 0 Å². The van der Waals surface area contributed by atoms with E-state index < -0.39 is 0 Å². The maximum absolute atomic E-state index is 4.45. The summed E-state index contributed by atoms with van der Waals surface area (Å²) >= 11 is 1.77. The van der Waals surface area contributed by atoms with E-state index in [1.165, 1.54) is 24.5 Å². The van der Waals surface area contributed by atoms with Crippen LogP contribution in [0.15, 0.2) is 11.6 Å². The maximum Gasteiger partial charge on any atom is 0.0940 e. The van der Waals surface area contributed by atoms with Crippen molar-refractivity contribution in [2.75, 3.05) is 40.3 Å². The first-order valence-corrected chi connectivity index (χ1v) is 8.09. The molecule has 4 nitrogen and oxygen atoms in total. The highest BCUT2D eigenvalue weighted by atomic mass is 32.1. The van der Waals surface area contributed by atoms with E-state index in [0.29, 0.717) is 12.1 Å². The summed E-state index contributed by atoms with van der Waals surface area (Å²) in [6.07, 6.45) is 4.21. The Labute approximate surface area is 120 Å². The SMILES string of the molecule is CCNC(Cc1nccs1)C1CN(C)CCCN1C. The van der Waals surface area contributed by atoms with Crippen molar-refractivity contribution in [2.24, 2.45) is 0 Å². The first-order chi connectivity index (χ1) is 9.20. The number of hydrogen-bond donors (Lipinski definition) is 1. The van der Waals surface area contributed by atoms with Crippen molar-refractivity contribution in [1.29, 1.82) is 0 Å². The predicted octanol–water partition coefficient (Wildman–Crippen LogP) is 1.30. The van der Waals surface area contributed by atoms with Crippen LogP contribution in [0.2, 0.25) is 0 Å². The second-order valence-electron chi connectivity index (χ2n) is 5.46. The lowest BCUT2D eigenvalue weighted by atomic mass is 10.0. The van der Waals surface area contributed by atoms with Gasteiger partial charge < -0.3 is 15.1 Å². The number of hydrogen-bond acceptors (Lipinski definition) is 5. The van der Waals surface area contributed by atoms with Gasteiger partial charge in [0.1, 0.15) is 0 Å². The van der Waals surface area contributed by atoms with Gasteiger partial charge in [-0.25, -0.2) is 4.98 Å². The topological polar surface area (TPSA) is 31.4 Å². The lowest BCUT2D eigenvalue weighted by Gasteiger charge is -2.34. The number of likely N-dealkylation sites (N-methyl/N-ethyl adjacent to an activating group) is 3. The van der Waals surface area contributed by atoms with Crippen molar-refractivity contribution >= 4 is 11.3 Å². The van der Waals surface area contributed by atoms with Crippen LogP contribution in [0.4, 0.5) is 0 Å². The van der Waals surface area contributed by atoms with Gasteiger partial charge in [-0.15, -0.1) is 11.3 Å². The number of rotatable bonds is 5. The largest absolute Gasteiger partial charge is 0.312 e. The molecule has 0 amide bonds. The first-order valence-electron chi connectivity index (χ1n) is 7.21. The molecule has 108 valence electrons. The highest BCUT2D eigenvalue weighted by molar-refractivity contribution is 7.09. The number of aromatic nitrogens is 1. The zero-order valence-corrected chi connectivity index (χ0v) is 13.1. The van der Waals surface area contributed by atoms with Crippen molar-refractivity contribution in [3.8, 4) is 0 Å². The summed E-state index contributed by atoms with van der Waals surface area (Å²) in [4.78, 5) is 9.42. The molecule has 2 heterocycles. The minimum Gasteiger partial charge on any atom is -0.312 e. The van der Waals surface area contributed by atoms with E-state index in [1.807, 2.05) is 6.20 Å². The van der Waals surface area contributed by atoms with Crippen LogP contribution in [0.5, 0.6) is 0 Å². The van der Waals surface area contributed by atoms with Crippen LogP contribution < -0.4 is 5.32 Å². The maximum atomic E-state index is 4.45. The second kappa shape index (κ2) is 7.33. The molecule has 1 aromatic rings. The molecular weight excluding hydrogens is 256 g/mol. The van der Waals surface area contributed by atoms with Gasteiger partial charge in [0.25, 0.3) is 0 Å². The Kier molecular flexibility index (Phi) is 5.76. The molecule has 1 aliphatic rings. The standard InChI is InChI=1S/C14H26N4S/c1-4-15-12(10-14-16-6-9-19-14)13-11-17(2)7-5-8-18(13)3/h6,9,12-13,15H,4-5,7-8,10-11H2,1-3H3. The van der Waals surface area contributed by atoms with Crippen LogP contribution in [0.25, 0.3) is 0 Å². The quantitative estimate of drug-likeness (QED) is 0.882. The van der Waals surface area contributed by atoms with E-state index >= 15 is 0 Å². The Morgan fingerprint density at radius 3 is 3.00 bits per heavy atom. The van der Waals surface area contributed by atoms with E-state index in [-0.39, 0.29) is 0 Å². The van der Waals surface area contributed by atoms with Crippen LogP contribution in [0.3, 0.4) is 0 Å². The monoisotopic (exact) mass is 282 g/mol. The Bertz CT molecular complexity index is 354. The molecule has 1 N–H and O–H groups in total. The van der Waals surface area contributed by atoms with Gasteiger partial charge >= 0.3 is 0 Å². The van der Waals surface area contributed by atoms with E-state index in [2.05, 4.69) is 46.5 Å². The van der Waals surface area contributed by atoms with Gasteiger partial charge in [-0.05, 0) is 40.2 Å². The van der Waals surface area contributed by atoms with Crippen LogP contribution in [-0.4, -0.2) is 67.1 Å². The molecule has 2 atom stereocenters. The molecule has 2 rings (SSSR count). The fourth-order valence-electron chi connectivity index (χ4n) is 2.89. The van der Waals surface area contributed by atoms with E-state index in [1.54, 1.807) is 11.3 Å². The number of nitrogens with zero attached hydrogens (tertiary/aromatic N) is 3. The van der Waals surface area contributed by atoms with Gasteiger partial charge in [0.2, 0.25) is 0 Å². The third-order valence-corrected chi connectivity index (χ3v) is 4.73. The van der Waals surface area contributed by atoms with Gasteiger partial charge in [0.15, 0.2) is 0 Å². The Morgan fingerprint density at radius 1 is 1.47 bits per heavy atom. The highest BCUT2D eigenvalue weighted by Gasteiger charge is 2.28. The summed E-state index contributed by atoms with van der Waals surface area (Å²) in [5, 5.41) is 6.98. The minimum atomic E-state index is 0.488. The van der Waals surface area contributed by atoms with E-state index in [9.17, 15) is 0 Å². The van der Waals surface area contributed by atoms with Crippen LogP contribution in [-0.2, 0) is 6.42 Å². The molecule has 1 aliphatic heterocycles. The lowest BCUT2D eigenvalue weighted by molar-refractivity contribution is 0.178. The van der Waals surface area contributed by atoms with Crippen LogP contribution >= 0.6 is 11.3 Å². The van der Waals surface area contributed by atoms with Crippen LogP contribution in [0.1, 0.15) is 18.4 Å². The minimum absolute atomic E-state index is 0.488. The lowest BCUT2D eigenvalue weighted by Crippen LogP contribution is -2.53. The molecule has 0 saturated carbocycles. The summed E-state index contributed by atoms with van der Waals surface area (Å²) < 4.78 is 0. The Balaban J connectivity index is 2.06. The molecule has 19 heavy (non-hydrogen) atoms. The molecule has 1 fully saturated rings. The molecule has 0 aliphatic carbocycles. The van der Waals surface area contributed by atoms with Crippen molar-refractivity contribution in [3.05, 3.63) is 16.6 Å².